The fourth-order valence-electron chi connectivity index (χ4n) is 2.57. The minimum Gasteiger partial charge on any atom is -0.294 e. The van der Waals surface area contributed by atoms with Gasteiger partial charge in [-0.2, -0.15) is 5.10 Å². The van der Waals surface area contributed by atoms with Gasteiger partial charge in [-0.25, -0.2) is 9.18 Å². The first kappa shape index (κ1) is 13.6. The van der Waals surface area contributed by atoms with E-state index in [0.717, 1.165) is 23.4 Å². The van der Waals surface area contributed by atoms with Gasteiger partial charge in [-0.3, -0.25) is 14.9 Å². The topological polar surface area (TPSA) is 50.2 Å². The van der Waals surface area contributed by atoms with E-state index in [4.69, 9.17) is 0 Å². The van der Waals surface area contributed by atoms with E-state index in [2.05, 4.69) is 10.4 Å². The number of nitrogens with zero attached hydrogens (tertiary/aromatic N) is 3. The van der Waals surface area contributed by atoms with Crippen LogP contribution in [0.25, 0.3) is 0 Å². The molecule has 110 valence electrons. The predicted molar refractivity (Wildman–Crippen MR) is 79.1 cm³/mol. The number of amides is 2. The van der Waals surface area contributed by atoms with Gasteiger partial charge in [0.15, 0.2) is 0 Å². The highest BCUT2D eigenvalue weighted by molar-refractivity contribution is 6.02. The second kappa shape index (κ2) is 5.20. The molecule has 1 N–H and O–H groups in total. The number of fused-ring (bicyclic) bond motifs is 1. The number of benzene rings is 1. The number of carbonyl (C=O) groups is 1. The Morgan fingerprint density at radius 2 is 2.24 bits per heavy atom. The van der Waals surface area contributed by atoms with Crippen molar-refractivity contribution >= 4 is 17.5 Å². The Balaban J connectivity index is 1.80. The van der Waals surface area contributed by atoms with Crippen LogP contribution in [0.1, 0.15) is 18.2 Å². The van der Waals surface area contributed by atoms with Gasteiger partial charge in [0.05, 0.1) is 5.69 Å². The quantitative estimate of drug-likeness (QED) is 0.923. The molecule has 0 bridgehead atoms. The molecule has 0 atom stereocenters. The van der Waals surface area contributed by atoms with Crippen LogP contribution in [0.2, 0.25) is 0 Å². The molecule has 0 aliphatic carbocycles. The minimum absolute atomic E-state index is 0.217. The molecule has 1 aliphatic heterocycles. The average Bonchev–Trinajstić information content (AvgIpc) is 3.02. The zero-order valence-corrected chi connectivity index (χ0v) is 12.1. The maximum atomic E-state index is 13.2. The van der Waals surface area contributed by atoms with Crippen LogP contribution < -0.4 is 10.2 Å². The van der Waals surface area contributed by atoms with Crippen LogP contribution in [0.3, 0.4) is 0 Å². The van der Waals surface area contributed by atoms with Gasteiger partial charge in [-0.05, 0) is 36.6 Å². The molecule has 0 radical (unpaired) electrons. The molecule has 0 saturated heterocycles. The second-order valence-corrected chi connectivity index (χ2v) is 5.10. The van der Waals surface area contributed by atoms with Crippen LogP contribution in [0, 0.1) is 5.82 Å². The molecular formula is C15H17FN4O. The number of aromatic nitrogens is 2. The van der Waals surface area contributed by atoms with Gasteiger partial charge in [-0.15, -0.1) is 0 Å². The van der Waals surface area contributed by atoms with Gasteiger partial charge in [0.1, 0.15) is 11.6 Å². The van der Waals surface area contributed by atoms with Crippen molar-refractivity contribution in [1.29, 1.82) is 0 Å². The summed E-state index contributed by atoms with van der Waals surface area (Å²) in [4.78, 5) is 14.0. The lowest BCUT2D eigenvalue weighted by Gasteiger charge is -2.18. The molecule has 0 unspecified atom stereocenters. The first-order valence-electron chi connectivity index (χ1n) is 6.98. The Kier molecular flexibility index (Phi) is 3.37. The number of aryl methyl sites for hydroxylation is 2. The third kappa shape index (κ3) is 2.49. The van der Waals surface area contributed by atoms with E-state index in [-0.39, 0.29) is 11.8 Å². The molecule has 2 aromatic rings. The van der Waals surface area contributed by atoms with E-state index < -0.39 is 0 Å². The number of anilines is 2. The van der Waals surface area contributed by atoms with Crippen molar-refractivity contribution in [3.8, 4) is 0 Å². The Bertz CT molecular complexity index is 695. The lowest BCUT2D eigenvalue weighted by Crippen LogP contribution is -2.33. The molecular weight excluding hydrogens is 271 g/mol. The van der Waals surface area contributed by atoms with Gasteiger partial charge >= 0.3 is 6.03 Å². The molecule has 1 aromatic heterocycles. The lowest BCUT2D eigenvalue weighted by molar-refractivity contribution is 0.257. The van der Waals surface area contributed by atoms with Gasteiger partial charge in [0.25, 0.3) is 0 Å². The number of hydrogen-bond acceptors (Lipinski definition) is 2. The molecule has 0 saturated carbocycles. The number of hydrogen-bond donors (Lipinski definition) is 1. The standard InChI is InChI=1S/C15H17FN4O/c1-3-12-9-14(19(2)18-12)17-15(21)20-7-6-10-8-11(16)4-5-13(10)20/h4-5,8-9H,3,6-7H2,1-2H3,(H,17,21). The van der Waals surface area contributed by atoms with Crippen molar-refractivity contribution in [2.45, 2.75) is 19.8 Å². The van der Waals surface area contributed by atoms with E-state index in [0.29, 0.717) is 18.8 Å². The molecule has 21 heavy (non-hydrogen) atoms. The lowest BCUT2D eigenvalue weighted by atomic mass is 10.2. The van der Waals surface area contributed by atoms with E-state index in [1.807, 2.05) is 13.0 Å². The van der Waals surface area contributed by atoms with Gasteiger partial charge < -0.3 is 0 Å². The molecule has 2 heterocycles. The normalized spacial score (nSPS) is 13.4. The second-order valence-electron chi connectivity index (χ2n) is 5.10. The third-order valence-corrected chi connectivity index (χ3v) is 3.71. The zero-order valence-electron chi connectivity index (χ0n) is 12.1. The predicted octanol–water partition coefficient (Wildman–Crippen LogP) is 2.72. The Labute approximate surface area is 122 Å². The highest BCUT2D eigenvalue weighted by Crippen LogP contribution is 2.29. The highest BCUT2D eigenvalue weighted by Gasteiger charge is 2.25. The summed E-state index contributed by atoms with van der Waals surface area (Å²) in [5.74, 6) is 0.391. The summed E-state index contributed by atoms with van der Waals surface area (Å²) in [6.07, 6.45) is 1.49. The van der Waals surface area contributed by atoms with Crippen LogP contribution in [0.15, 0.2) is 24.3 Å². The Morgan fingerprint density at radius 3 is 2.95 bits per heavy atom. The van der Waals surface area contributed by atoms with Crippen molar-refractivity contribution in [2.24, 2.45) is 7.05 Å². The highest BCUT2D eigenvalue weighted by atomic mass is 19.1. The molecule has 5 nitrogen and oxygen atoms in total. The van der Waals surface area contributed by atoms with Crippen LogP contribution >= 0.6 is 0 Å². The summed E-state index contributed by atoms with van der Waals surface area (Å²) < 4.78 is 14.9. The number of rotatable bonds is 2. The van der Waals surface area contributed by atoms with Crippen molar-refractivity contribution in [3.05, 3.63) is 41.3 Å². The summed E-state index contributed by atoms with van der Waals surface area (Å²) in [6, 6.07) is 6.16. The molecule has 1 aliphatic rings. The van der Waals surface area contributed by atoms with E-state index in [1.54, 1.807) is 22.7 Å². The molecule has 6 heteroatoms. The minimum atomic E-state index is -0.268. The first-order valence-corrected chi connectivity index (χ1v) is 6.98. The fourth-order valence-corrected chi connectivity index (χ4v) is 2.57. The first-order chi connectivity index (χ1) is 10.1. The maximum Gasteiger partial charge on any atom is 0.327 e. The number of halogens is 1. The Morgan fingerprint density at radius 1 is 1.43 bits per heavy atom. The monoisotopic (exact) mass is 288 g/mol. The van der Waals surface area contributed by atoms with E-state index in [1.165, 1.54) is 12.1 Å². The van der Waals surface area contributed by atoms with Gasteiger partial charge in [0.2, 0.25) is 0 Å². The molecule has 2 amide bonds. The van der Waals surface area contributed by atoms with Gasteiger partial charge in [-0.1, -0.05) is 6.92 Å². The van der Waals surface area contributed by atoms with Crippen LogP contribution in [-0.4, -0.2) is 22.4 Å². The Hall–Kier alpha value is -2.37. The van der Waals surface area contributed by atoms with Crippen molar-refractivity contribution in [3.63, 3.8) is 0 Å². The summed E-state index contributed by atoms with van der Waals surface area (Å²) in [5, 5.41) is 7.15. The van der Waals surface area contributed by atoms with Crippen LogP contribution in [0.4, 0.5) is 20.7 Å². The summed E-state index contributed by atoms with van der Waals surface area (Å²) in [5.41, 5.74) is 2.56. The molecule has 1 aromatic carbocycles. The van der Waals surface area contributed by atoms with Gasteiger partial charge in [0, 0.05) is 25.3 Å². The number of carbonyl (C=O) groups excluding carboxylic acids is 1. The third-order valence-electron chi connectivity index (χ3n) is 3.71. The summed E-state index contributed by atoms with van der Waals surface area (Å²) in [6.45, 7) is 2.57. The smallest absolute Gasteiger partial charge is 0.294 e. The van der Waals surface area contributed by atoms with Crippen molar-refractivity contribution in [2.75, 3.05) is 16.8 Å². The van der Waals surface area contributed by atoms with Crippen molar-refractivity contribution < 1.29 is 9.18 Å². The summed E-state index contributed by atoms with van der Waals surface area (Å²) in [7, 11) is 1.79. The van der Waals surface area contributed by atoms with E-state index in [9.17, 15) is 9.18 Å². The number of nitrogens with one attached hydrogen (secondary N) is 1. The van der Waals surface area contributed by atoms with Crippen molar-refractivity contribution in [1.82, 2.24) is 9.78 Å². The zero-order chi connectivity index (χ0) is 15.0. The molecule has 0 spiro atoms. The molecule has 0 fully saturated rings. The summed E-state index contributed by atoms with van der Waals surface area (Å²) >= 11 is 0. The fraction of sp³-hybridized carbons (Fsp3) is 0.333. The SMILES string of the molecule is CCc1cc(NC(=O)N2CCc3cc(F)ccc32)n(C)n1. The van der Waals surface area contributed by atoms with Crippen LogP contribution in [-0.2, 0) is 19.9 Å². The van der Waals surface area contributed by atoms with Crippen LogP contribution in [0.5, 0.6) is 0 Å². The largest absolute Gasteiger partial charge is 0.327 e. The molecule has 3 rings (SSSR count). The average molecular weight is 288 g/mol. The maximum absolute atomic E-state index is 13.2. The van der Waals surface area contributed by atoms with E-state index >= 15 is 0 Å². The number of urea groups is 1.